The average molecular weight is 366 g/mol. The molecule has 3 rings (SSSR count). The number of hydrogen-bond donors (Lipinski definition) is 1. The summed E-state index contributed by atoms with van der Waals surface area (Å²) in [6.45, 7) is 7.67. The van der Waals surface area contributed by atoms with Crippen molar-refractivity contribution in [3.63, 3.8) is 0 Å². The summed E-state index contributed by atoms with van der Waals surface area (Å²) in [6, 6.07) is 0. The summed E-state index contributed by atoms with van der Waals surface area (Å²) in [4.78, 5) is 17.4. The summed E-state index contributed by atoms with van der Waals surface area (Å²) in [5.74, 6) is 1.37. The Morgan fingerprint density at radius 1 is 0.957 bits per heavy atom. The number of nitrogens with one attached hydrogen (secondary N) is 1. The maximum atomic E-state index is 12.6. The number of halogens is 2. The van der Waals surface area contributed by atoms with E-state index >= 15 is 0 Å². The number of carbonyl (C=O) groups is 1. The van der Waals surface area contributed by atoms with Crippen LogP contribution in [-0.4, -0.2) is 61.5 Å². The Balaban J connectivity index is 0.00000132. The molecule has 1 amide bonds. The zero-order chi connectivity index (χ0) is 14.5. The Morgan fingerprint density at radius 2 is 1.70 bits per heavy atom. The van der Waals surface area contributed by atoms with E-state index in [1.165, 1.54) is 58.2 Å². The molecule has 23 heavy (non-hydrogen) atoms. The lowest BCUT2D eigenvalue weighted by Crippen LogP contribution is -2.46. The van der Waals surface area contributed by atoms with Crippen LogP contribution in [0, 0.1) is 11.8 Å². The van der Waals surface area contributed by atoms with Gasteiger partial charge in [-0.05, 0) is 57.7 Å². The number of nitrogens with zero attached hydrogens (tertiary/aromatic N) is 2. The Kier molecular flexibility index (Phi) is 9.83. The van der Waals surface area contributed by atoms with E-state index in [-0.39, 0.29) is 30.7 Å². The van der Waals surface area contributed by atoms with Crippen molar-refractivity contribution < 1.29 is 4.79 Å². The number of hydrogen-bond acceptors (Lipinski definition) is 3. The van der Waals surface area contributed by atoms with Crippen LogP contribution in [0.5, 0.6) is 0 Å². The minimum atomic E-state index is 0. The molecule has 0 saturated carbocycles. The first kappa shape index (κ1) is 21.0. The fourth-order valence-electron chi connectivity index (χ4n) is 4.22. The quantitative estimate of drug-likeness (QED) is 0.834. The van der Waals surface area contributed by atoms with E-state index in [0.29, 0.717) is 11.8 Å². The zero-order valence-corrected chi connectivity index (χ0v) is 15.8. The van der Waals surface area contributed by atoms with Gasteiger partial charge in [-0.25, -0.2) is 0 Å². The number of amides is 1. The van der Waals surface area contributed by atoms with Crippen molar-refractivity contribution in [2.45, 2.75) is 44.9 Å². The van der Waals surface area contributed by atoms with Gasteiger partial charge in [0.2, 0.25) is 5.91 Å². The molecule has 3 aliphatic heterocycles. The highest BCUT2D eigenvalue weighted by atomic mass is 35.5. The molecule has 1 N–H and O–H groups in total. The van der Waals surface area contributed by atoms with Crippen molar-refractivity contribution in [3.8, 4) is 0 Å². The van der Waals surface area contributed by atoms with E-state index in [2.05, 4.69) is 15.1 Å². The summed E-state index contributed by atoms with van der Waals surface area (Å²) < 4.78 is 0. The predicted octanol–water partition coefficient (Wildman–Crippen LogP) is 2.55. The second kappa shape index (κ2) is 10.8. The Hall–Kier alpha value is -0.0300. The molecule has 0 aromatic rings. The minimum absolute atomic E-state index is 0. The molecule has 6 heteroatoms. The molecule has 4 nitrogen and oxygen atoms in total. The lowest BCUT2D eigenvalue weighted by molar-refractivity contribution is -0.136. The second-order valence-corrected chi connectivity index (χ2v) is 7.20. The molecule has 0 aromatic carbocycles. The monoisotopic (exact) mass is 365 g/mol. The predicted molar refractivity (Wildman–Crippen MR) is 99.7 cm³/mol. The van der Waals surface area contributed by atoms with Crippen LogP contribution in [0.1, 0.15) is 44.9 Å². The van der Waals surface area contributed by atoms with E-state index in [9.17, 15) is 4.79 Å². The number of piperidine rings is 1. The first-order valence-electron chi connectivity index (χ1n) is 9.05. The van der Waals surface area contributed by atoms with Gasteiger partial charge in [0, 0.05) is 26.2 Å². The molecule has 0 bridgehead atoms. The molecular formula is C17H33Cl2N3O. The Morgan fingerprint density at radius 3 is 2.35 bits per heavy atom. The van der Waals surface area contributed by atoms with Gasteiger partial charge in [-0.2, -0.15) is 0 Å². The smallest absolute Gasteiger partial charge is 0.227 e. The third-order valence-electron chi connectivity index (χ3n) is 5.46. The molecular weight excluding hydrogens is 333 g/mol. The van der Waals surface area contributed by atoms with Crippen molar-refractivity contribution in [2.75, 3.05) is 45.8 Å². The van der Waals surface area contributed by atoms with E-state index in [1.807, 2.05) is 0 Å². The number of carbonyl (C=O) groups excluding carboxylic acids is 1. The summed E-state index contributed by atoms with van der Waals surface area (Å²) >= 11 is 0. The van der Waals surface area contributed by atoms with Crippen LogP contribution in [0.15, 0.2) is 0 Å². The normalized spacial score (nSPS) is 29.3. The van der Waals surface area contributed by atoms with Crippen molar-refractivity contribution >= 4 is 30.7 Å². The first-order chi connectivity index (χ1) is 10.3. The maximum Gasteiger partial charge on any atom is 0.227 e. The van der Waals surface area contributed by atoms with Gasteiger partial charge in [-0.15, -0.1) is 24.8 Å². The van der Waals surface area contributed by atoms with Crippen molar-refractivity contribution in [2.24, 2.45) is 11.8 Å². The lowest BCUT2D eigenvalue weighted by Gasteiger charge is -2.36. The van der Waals surface area contributed by atoms with Gasteiger partial charge in [-0.3, -0.25) is 4.79 Å². The minimum Gasteiger partial charge on any atom is -0.342 e. The van der Waals surface area contributed by atoms with Gasteiger partial charge in [0.1, 0.15) is 0 Å². The van der Waals surface area contributed by atoms with Crippen LogP contribution in [0.2, 0.25) is 0 Å². The molecule has 136 valence electrons. The van der Waals surface area contributed by atoms with Gasteiger partial charge in [0.15, 0.2) is 0 Å². The van der Waals surface area contributed by atoms with Crippen LogP contribution in [0.4, 0.5) is 0 Å². The van der Waals surface area contributed by atoms with Crippen LogP contribution >= 0.6 is 24.8 Å². The molecule has 3 fully saturated rings. The van der Waals surface area contributed by atoms with Crippen molar-refractivity contribution in [3.05, 3.63) is 0 Å². The zero-order valence-electron chi connectivity index (χ0n) is 14.2. The highest BCUT2D eigenvalue weighted by Crippen LogP contribution is 2.22. The van der Waals surface area contributed by atoms with E-state index in [0.717, 1.165) is 32.6 Å². The summed E-state index contributed by atoms with van der Waals surface area (Å²) in [5, 5.41) is 3.32. The molecule has 3 saturated heterocycles. The van der Waals surface area contributed by atoms with Gasteiger partial charge in [0.05, 0.1) is 5.92 Å². The van der Waals surface area contributed by atoms with E-state index in [1.54, 1.807) is 0 Å². The second-order valence-electron chi connectivity index (χ2n) is 7.20. The van der Waals surface area contributed by atoms with E-state index in [4.69, 9.17) is 0 Å². The fourth-order valence-corrected chi connectivity index (χ4v) is 4.22. The molecule has 0 aromatic heterocycles. The first-order valence-corrected chi connectivity index (χ1v) is 9.05. The standard InChI is InChI=1S/C17H31N3O.2ClH/c21-17(16-7-8-18-12-16)20-11-5-6-15(14-20)13-19-9-3-1-2-4-10-19;;/h15-16,18H,1-14H2;2*1H. The van der Waals surface area contributed by atoms with Gasteiger partial charge >= 0.3 is 0 Å². The van der Waals surface area contributed by atoms with Gasteiger partial charge in [-0.1, -0.05) is 12.8 Å². The highest BCUT2D eigenvalue weighted by molar-refractivity contribution is 5.85. The van der Waals surface area contributed by atoms with Crippen LogP contribution in [0.3, 0.4) is 0 Å². The largest absolute Gasteiger partial charge is 0.342 e. The molecule has 0 aliphatic carbocycles. The number of likely N-dealkylation sites (tertiary alicyclic amines) is 2. The molecule has 0 spiro atoms. The highest BCUT2D eigenvalue weighted by Gasteiger charge is 2.31. The van der Waals surface area contributed by atoms with Gasteiger partial charge in [0.25, 0.3) is 0 Å². The van der Waals surface area contributed by atoms with Crippen molar-refractivity contribution in [1.29, 1.82) is 0 Å². The molecule has 2 atom stereocenters. The van der Waals surface area contributed by atoms with Crippen molar-refractivity contribution in [1.82, 2.24) is 15.1 Å². The van der Waals surface area contributed by atoms with Crippen LogP contribution in [-0.2, 0) is 4.79 Å². The van der Waals surface area contributed by atoms with Crippen LogP contribution < -0.4 is 5.32 Å². The van der Waals surface area contributed by atoms with E-state index < -0.39 is 0 Å². The lowest BCUT2D eigenvalue weighted by atomic mass is 9.95. The summed E-state index contributed by atoms with van der Waals surface area (Å²) in [6.07, 6.45) is 9.08. The summed E-state index contributed by atoms with van der Waals surface area (Å²) in [5.41, 5.74) is 0. The number of rotatable bonds is 3. The molecule has 2 unspecified atom stereocenters. The van der Waals surface area contributed by atoms with Gasteiger partial charge < -0.3 is 15.1 Å². The summed E-state index contributed by atoms with van der Waals surface area (Å²) in [7, 11) is 0. The third-order valence-corrected chi connectivity index (χ3v) is 5.46. The Bertz CT molecular complexity index is 343. The fraction of sp³-hybridized carbons (Fsp3) is 0.941. The Labute approximate surface area is 153 Å². The van der Waals surface area contributed by atoms with Crippen LogP contribution in [0.25, 0.3) is 0 Å². The molecule has 3 heterocycles. The third kappa shape index (κ3) is 6.08. The molecule has 0 radical (unpaired) electrons. The molecule has 3 aliphatic rings. The average Bonchev–Trinajstić information content (AvgIpc) is 2.93. The SMILES string of the molecule is Cl.Cl.O=C(C1CCNC1)N1CCCC(CN2CCCCCC2)C1. The maximum absolute atomic E-state index is 12.6. The topological polar surface area (TPSA) is 35.6 Å².